The van der Waals surface area contributed by atoms with E-state index in [0.717, 1.165) is 6.42 Å². The van der Waals surface area contributed by atoms with Crippen molar-refractivity contribution in [3.8, 4) is 6.07 Å². The van der Waals surface area contributed by atoms with Crippen molar-refractivity contribution in [1.82, 2.24) is 5.32 Å². The largest absolute Gasteiger partial charge is 0.465 e. The first-order valence-corrected chi connectivity index (χ1v) is 3.46. The molecule has 11 heavy (non-hydrogen) atoms. The Morgan fingerprint density at radius 3 is 2.64 bits per heavy atom. The molecule has 0 aromatic rings. The molecule has 62 valence electrons. The lowest BCUT2D eigenvalue weighted by Gasteiger charge is -2.19. The quantitative estimate of drug-likeness (QED) is 0.647. The van der Waals surface area contributed by atoms with Crippen LogP contribution in [0.25, 0.3) is 0 Å². The molecule has 1 amide bonds. The van der Waals surface area contributed by atoms with Gasteiger partial charge in [0.05, 0.1) is 6.07 Å². The topological polar surface area (TPSA) is 73.1 Å². The third kappa shape index (κ3) is 3.46. The van der Waals surface area contributed by atoms with Gasteiger partial charge in [-0.25, -0.2) is 4.79 Å². The molecule has 0 rings (SSSR count). The van der Waals surface area contributed by atoms with Crippen LogP contribution in [0.3, 0.4) is 0 Å². The molecule has 0 bridgehead atoms. The van der Waals surface area contributed by atoms with E-state index in [1.807, 2.05) is 13.0 Å². The van der Waals surface area contributed by atoms with Crippen molar-refractivity contribution < 1.29 is 9.90 Å². The van der Waals surface area contributed by atoms with E-state index in [1.54, 1.807) is 6.92 Å². The lowest BCUT2D eigenvalue weighted by atomic mass is 9.99. The van der Waals surface area contributed by atoms with Crippen LogP contribution in [0.5, 0.6) is 0 Å². The van der Waals surface area contributed by atoms with Crippen LogP contribution in [-0.4, -0.2) is 16.7 Å². The van der Waals surface area contributed by atoms with Crippen molar-refractivity contribution in [3.05, 3.63) is 0 Å². The van der Waals surface area contributed by atoms with Gasteiger partial charge in [0, 0.05) is 0 Å². The number of hydrogen-bond donors (Lipinski definition) is 2. The molecular formula is C7H12N2O2. The standard InChI is InChI=1S/C7H12N2O2/c1-3-4-7(2,5-8)9-6(10)11/h9H,3-4H2,1-2H3,(H,10,11). The maximum atomic E-state index is 10.2. The van der Waals surface area contributed by atoms with Gasteiger partial charge >= 0.3 is 6.09 Å². The van der Waals surface area contributed by atoms with E-state index in [9.17, 15) is 4.79 Å². The zero-order valence-electron chi connectivity index (χ0n) is 6.72. The molecule has 0 aliphatic carbocycles. The normalized spacial score (nSPS) is 14.6. The summed E-state index contributed by atoms with van der Waals surface area (Å²) >= 11 is 0. The highest BCUT2D eigenvalue weighted by atomic mass is 16.4. The Kier molecular flexibility index (Phi) is 3.38. The molecule has 1 atom stereocenters. The Morgan fingerprint density at radius 2 is 2.36 bits per heavy atom. The highest BCUT2D eigenvalue weighted by Gasteiger charge is 2.24. The van der Waals surface area contributed by atoms with Gasteiger partial charge in [-0.3, -0.25) is 0 Å². The Balaban J connectivity index is 4.13. The fourth-order valence-electron chi connectivity index (χ4n) is 0.882. The van der Waals surface area contributed by atoms with E-state index in [2.05, 4.69) is 5.32 Å². The van der Waals surface area contributed by atoms with E-state index in [4.69, 9.17) is 10.4 Å². The number of nitrogens with zero attached hydrogens (tertiary/aromatic N) is 1. The molecule has 2 N–H and O–H groups in total. The first-order valence-electron chi connectivity index (χ1n) is 3.46. The van der Waals surface area contributed by atoms with Crippen molar-refractivity contribution in [2.45, 2.75) is 32.2 Å². The van der Waals surface area contributed by atoms with Gasteiger partial charge in [0.1, 0.15) is 5.54 Å². The SMILES string of the molecule is CCCC(C)(C#N)NC(=O)O. The van der Waals surface area contributed by atoms with Crippen LogP contribution in [0.15, 0.2) is 0 Å². The van der Waals surface area contributed by atoms with Crippen LogP contribution < -0.4 is 5.32 Å². The van der Waals surface area contributed by atoms with Gasteiger partial charge < -0.3 is 10.4 Å². The van der Waals surface area contributed by atoms with Crippen LogP contribution in [0.4, 0.5) is 4.79 Å². The van der Waals surface area contributed by atoms with Gasteiger partial charge in [0.2, 0.25) is 0 Å². The van der Waals surface area contributed by atoms with E-state index < -0.39 is 11.6 Å². The van der Waals surface area contributed by atoms with Crippen LogP contribution in [0.2, 0.25) is 0 Å². The third-order valence-corrected chi connectivity index (χ3v) is 1.38. The van der Waals surface area contributed by atoms with Gasteiger partial charge in [0.15, 0.2) is 0 Å². The van der Waals surface area contributed by atoms with Crippen molar-refractivity contribution >= 4 is 6.09 Å². The zero-order valence-corrected chi connectivity index (χ0v) is 6.72. The number of carbonyl (C=O) groups is 1. The Labute approximate surface area is 65.8 Å². The summed E-state index contributed by atoms with van der Waals surface area (Å²) in [5.41, 5.74) is -0.930. The number of carboxylic acid groups (broad SMARTS) is 1. The number of nitriles is 1. The van der Waals surface area contributed by atoms with Crippen LogP contribution in [-0.2, 0) is 0 Å². The summed E-state index contributed by atoms with van der Waals surface area (Å²) in [4.78, 5) is 10.2. The van der Waals surface area contributed by atoms with Gasteiger partial charge in [0.25, 0.3) is 0 Å². The van der Waals surface area contributed by atoms with Crippen LogP contribution >= 0.6 is 0 Å². The number of rotatable bonds is 3. The second-order valence-electron chi connectivity index (χ2n) is 2.62. The second-order valence-corrected chi connectivity index (χ2v) is 2.62. The fraction of sp³-hybridized carbons (Fsp3) is 0.714. The Bertz CT molecular complexity index is 185. The second kappa shape index (κ2) is 3.81. The summed E-state index contributed by atoms with van der Waals surface area (Å²) in [6.07, 6.45) is 0.169. The minimum atomic E-state index is -1.15. The molecule has 0 aromatic heterocycles. The molecule has 0 saturated carbocycles. The first kappa shape index (κ1) is 9.76. The van der Waals surface area contributed by atoms with Crippen molar-refractivity contribution in [2.24, 2.45) is 0 Å². The highest BCUT2D eigenvalue weighted by molar-refractivity contribution is 5.66. The average Bonchev–Trinajstić information content (AvgIpc) is 1.87. The van der Waals surface area contributed by atoms with Gasteiger partial charge in [-0.15, -0.1) is 0 Å². The summed E-state index contributed by atoms with van der Waals surface area (Å²) in [5, 5.41) is 19.1. The molecule has 0 spiro atoms. The molecule has 4 nitrogen and oxygen atoms in total. The monoisotopic (exact) mass is 156 g/mol. The average molecular weight is 156 g/mol. The Hall–Kier alpha value is -1.24. The first-order chi connectivity index (χ1) is 5.04. The van der Waals surface area contributed by atoms with Crippen molar-refractivity contribution in [1.29, 1.82) is 5.26 Å². The lowest BCUT2D eigenvalue weighted by molar-refractivity contribution is 0.185. The van der Waals surface area contributed by atoms with Gasteiger partial charge in [-0.2, -0.15) is 5.26 Å². The molecular weight excluding hydrogens is 144 g/mol. The maximum Gasteiger partial charge on any atom is 0.405 e. The van der Waals surface area contributed by atoms with E-state index in [0.29, 0.717) is 6.42 Å². The number of hydrogen-bond acceptors (Lipinski definition) is 2. The molecule has 1 unspecified atom stereocenters. The molecule has 0 fully saturated rings. The molecule has 0 aliphatic rings. The molecule has 0 radical (unpaired) electrons. The summed E-state index contributed by atoms with van der Waals surface area (Å²) in [6, 6.07) is 1.92. The summed E-state index contributed by atoms with van der Waals surface area (Å²) in [6.45, 7) is 3.48. The minimum absolute atomic E-state index is 0.538. The summed E-state index contributed by atoms with van der Waals surface area (Å²) in [5.74, 6) is 0. The predicted molar refractivity (Wildman–Crippen MR) is 40.1 cm³/mol. The lowest BCUT2D eigenvalue weighted by Crippen LogP contribution is -2.43. The molecule has 4 heteroatoms. The van der Waals surface area contributed by atoms with E-state index in [-0.39, 0.29) is 0 Å². The van der Waals surface area contributed by atoms with E-state index >= 15 is 0 Å². The third-order valence-electron chi connectivity index (χ3n) is 1.38. The Morgan fingerprint density at radius 1 is 1.82 bits per heavy atom. The summed E-state index contributed by atoms with van der Waals surface area (Å²) < 4.78 is 0. The maximum absolute atomic E-state index is 10.2. The smallest absolute Gasteiger partial charge is 0.405 e. The highest BCUT2D eigenvalue weighted by Crippen LogP contribution is 2.09. The fourth-order valence-corrected chi connectivity index (χ4v) is 0.882. The van der Waals surface area contributed by atoms with Gasteiger partial charge in [-0.05, 0) is 13.3 Å². The summed E-state index contributed by atoms with van der Waals surface area (Å²) in [7, 11) is 0. The zero-order chi connectivity index (χ0) is 8.91. The van der Waals surface area contributed by atoms with Crippen molar-refractivity contribution in [3.63, 3.8) is 0 Å². The van der Waals surface area contributed by atoms with Crippen LogP contribution in [0.1, 0.15) is 26.7 Å². The van der Waals surface area contributed by atoms with Crippen molar-refractivity contribution in [2.75, 3.05) is 0 Å². The molecule has 0 aromatic carbocycles. The van der Waals surface area contributed by atoms with E-state index in [1.165, 1.54) is 0 Å². The van der Waals surface area contributed by atoms with Crippen LogP contribution in [0, 0.1) is 11.3 Å². The minimum Gasteiger partial charge on any atom is -0.465 e. The number of amides is 1. The molecule has 0 aliphatic heterocycles. The number of nitrogens with one attached hydrogen (secondary N) is 1. The molecule has 0 saturated heterocycles. The molecule has 0 heterocycles. The van der Waals surface area contributed by atoms with Gasteiger partial charge in [-0.1, -0.05) is 13.3 Å². The predicted octanol–water partition coefficient (Wildman–Crippen LogP) is 1.34.